The largest absolute Gasteiger partial charge is 0.507 e. The minimum atomic E-state index is -0.523. The smallest absolute Gasteiger partial charge is 0.342 e. The van der Waals surface area contributed by atoms with Crippen LogP contribution >= 0.6 is 0 Å². The summed E-state index contributed by atoms with van der Waals surface area (Å²) in [6.45, 7) is 4.38. The van der Waals surface area contributed by atoms with Crippen LogP contribution in [-0.2, 0) is 17.6 Å². The normalized spacial score (nSPS) is 10.9. The average Bonchev–Trinajstić information content (AvgIpc) is 2.83. The standard InChI is InChI=1S/C29H42O4/c1-5-7-8-9-10-11-12-13-14-18-23-22(17-6-2)21-25(27(28(23)30)29(31)33-4)24-19-15-16-20-26(24)32-3/h15-16,19-21,30H,5-14,17-18H2,1-4H3. The summed E-state index contributed by atoms with van der Waals surface area (Å²) < 4.78 is 10.6. The molecule has 0 aliphatic carbocycles. The quantitative estimate of drug-likeness (QED) is 0.220. The molecule has 0 fully saturated rings. The molecule has 0 amide bonds. The van der Waals surface area contributed by atoms with E-state index in [0.717, 1.165) is 48.8 Å². The zero-order valence-corrected chi connectivity index (χ0v) is 21.0. The zero-order valence-electron chi connectivity index (χ0n) is 21.0. The van der Waals surface area contributed by atoms with E-state index in [2.05, 4.69) is 19.9 Å². The van der Waals surface area contributed by atoms with Gasteiger partial charge in [0, 0.05) is 11.1 Å². The van der Waals surface area contributed by atoms with Gasteiger partial charge in [0.2, 0.25) is 0 Å². The number of hydrogen-bond donors (Lipinski definition) is 1. The van der Waals surface area contributed by atoms with Crippen LogP contribution in [0.25, 0.3) is 11.1 Å². The molecule has 2 aromatic carbocycles. The topological polar surface area (TPSA) is 55.8 Å². The van der Waals surface area contributed by atoms with Crippen molar-refractivity contribution in [2.75, 3.05) is 14.2 Å². The molecular formula is C29H42O4. The fraction of sp³-hybridized carbons (Fsp3) is 0.552. The van der Waals surface area contributed by atoms with E-state index in [9.17, 15) is 9.90 Å². The van der Waals surface area contributed by atoms with Gasteiger partial charge in [0.05, 0.1) is 14.2 Å². The minimum Gasteiger partial charge on any atom is -0.507 e. The molecule has 0 aliphatic heterocycles. The van der Waals surface area contributed by atoms with Gasteiger partial charge in [-0.15, -0.1) is 0 Å². The number of ether oxygens (including phenoxy) is 2. The van der Waals surface area contributed by atoms with Gasteiger partial charge in [0.15, 0.2) is 0 Å². The van der Waals surface area contributed by atoms with Gasteiger partial charge < -0.3 is 14.6 Å². The van der Waals surface area contributed by atoms with Crippen molar-refractivity contribution >= 4 is 5.97 Å². The zero-order chi connectivity index (χ0) is 24.1. The Kier molecular flexibility index (Phi) is 11.9. The molecule has 2 rings (SSSR count). The number of rotatable bonds is 15. The number of hydrogen-bond acceptors (Lipinski definition) is 4. The van der Waals surface area contributed by atoms with Crippen molar-refractivity contribution in [2.45, 2.75) is 90.9 Å². The second-order valence-corrected chi connectivity index (χ2v) is 8.81. The summed E-state index contributed by atoms with van der Waals surface area (Å²) in [6, 6.07) is 9.63. The van der Waals surface area contributed by atoms with Crippen molar-refractivity contribution < 1.29 is 19.4 Å². The number of aryl methyl sites for hydroxylation is 1. The van der Waals surface area contributed by atoms with Crippen molar-refractivity contribution in [2.24, 2.45) is 0 Å². The molecule has 0 saturated heterocycles. The van der Waals surface area contributed by atoms with Crippen LogP contribution in [0.3, 0.4) is 0 Å². The Morgan fingerprint density at radius 2 is 1.45 bits per heavy atom. The van der Waals surface area contributed by atoms with E-state index in [1.54, 1.807) is 7.11 Å². The molecule has 0 unspecified atom stereocenters. The minimum absolute atomic E-state index is 0.0632. The molecule has 0 heterocycles. The third-order valence-corrected chi connectivity index (χ3v) is 6.33. The summed E-state index contributed by atoms with van der Waals surface area (Å²) in [7, 11) is 2.97. The van der Waals surface area contributed by atoms with E-state index in [0.29, 0.717) is 11.3 Å². The molecule has 0 aliphatic rings. The number of unbranched alkanes of at least 4 members (excludes halogenated alkanes) is 8. The molecule has 4 nitrogen and oxygen atoms in total. The molecule has 0 spiro atoms. The summed E-state index contributed by atoms with van der Waals surface area (Å²) >= 11 is 0. The third kappa shape index (κ3) is 7.52. The summed E-state index contributed by atoms with van der Waals surface area (Å²) in [6.07, 6.45) is 13.9. The highest BCUT2D eigenvalue weighted by molar-refractivity contribution is 6.01. The number of benzene rings is 2. The average molecular weight is 455 g/mol. The van der Waals surface area contributed by atoms with E-state index in [1.807, 2.05) is 24.3 Å². The number of carbonyl (C=O) groups is 1. The molecule has 0 atom stereocenters. The number of phenolic OH excluding ortho intramolecular Hbond substituents is 1. The van der Waals surface area contributed by atoms with E-state index < -0.39 is 5.97 Å². The SMILES string of the molecule is CCCCCCCCCCCc1c(CCC)cc(-c2ccccc2OC)c(C(=O)OC)c1O. The highest BCUT2D eigenvalue weighted by atomic mass is 16.5. The Hall–Kier alpha value is -2.49. The molecule has 0 saturated carbocycles. The maximum absolute atomic E-state index is 12.7. The number of para-hydroxylation sites is 1. The second kappa shape index (κ2) is 14.6. The van der Waals surface area contributed by atoms with Crippen molar-refractivity contribution in [3.63, 3.8) is 0 Å². The van der Waals surface area contributed by atoms with Gasteiger partial charge >= 0.3 is 5.97 Å². The number of aromatic hydroxyl groups is 1. The first-order valence-corrected chi connectivity index (χ1v) is 12.7. The van der Waals surface area contributed by atoms with Gasteiger partial charge in [-0.25, -0.2) is 4.79 Å². The lowest BCUT2D eigenvalue weighted by Crippen LogP contribution is -2.09. The summed E-state index contributed by atoms with van der Waals surface area (Å²) in [5.74, 6) is 0.203. The Morgan fingerprint density at radius 3 is 2.06 bits per heavy atom. The highest BCUT2D eigenvalue weighted by Gasteiger charge is 2.25. The van der Waals surface area contributed by atoms with Crippen molar-refractivity contribution in [1.29, 1.82) is 0 Å². The number of esters is 1. The van der Waals surface area contributed by atoms with E-state index >= 15 is 0 Å². The lowest BCUT2D eigenvalue weighted by molar-refractivity contribution is 0.0598. The fourth-order valence-electron chi connectivity index (χ4n) is 4.54. The predicted molar refractivity (Wildman–Crippen MR) is 136 cm³/mol. The molecule has 0 radical (unpaired) electrons. The maximum Gasteiger partial charge on any atom is 0.342 e. The molecule has 182 valence electrons. The van der Waals surface area contributed by atoms with Crippen LogP contribution in [0.2, 0.25) is 0 Å². The molecule has 0 bridgehead atoms. The summed E-state index contributed by atoms with van der Waals surface area (Å²) in [5.41, 5.74) is 3.66. The van der Waals surface area contributed by atoms with Crippen molar-refractivity contribution in [3.05, 3.63) is 47.0 Å². The maximum atomic E-state index is 12.7. The number of methoxy groups -OCH3 is 2. The first kappa shape index (κ1) is 26.8. The van der Waals surface area contributed by atoms with E-state index in [4.69, 9.17) is 9.47 Å². The molecule has 1 N–H and O–H groups in total. The first-order chi connectivity index (χ1) is 16.1. The molecule has 0 aromatic heterocycles. The van der Waals surface area contributed by atoms with Crippen LogP contribution in [0, 0.1) is 0 Å². The van der Waals surface area contributed by atoms with E-state index in [-0.39, 0.29) is 11.3 Å². The monoisotopic (exact) mass is 454 g/mol. The van der Waals surface area contributed by atoms with Crippen LogP contribution in [0.1, 0.15) is 99.5 Å². The Morgan fingerprint density at radius 1 is 0.818 bits per heavy atom. The Labute approximate surface area is 200 Å². The van der Waals surface area contributed by atoms with Crippen LogP contribution in [0.15, 0.2) is 30.3 Å². The molecular weight excluding hydrogens is 412 g/mol. The van der Waals surface area contributed by atoms with Crippen molar-refractivity contribution in [1.82, 2.24) is 0 Å². The number of carbonyl (C=O) groups excluding carboxylic acids is 1. The number of phenols is 1. The molecule has 4 heteroatoms. The lowest BCUT2D eigenvalue weighted by Gasteiger charge is -2.19. The highest BCUT2D eigenvalue weighted by Crippen LogP contribution is 2.40. The lowest BCUT2D eigenvalue weighted by atomic mass is 9.88. The molecule has 2 aromatic rings. The fourth-order valence-corrected chi connectivity index (χ4v) is 4.54. The predicted octanol–water partition coefficient (Wildman–Crippen LogP) is 7.88. The summed E-state index contributed by atoms with van der Waals surface area (Å²) in [5, 5.41) is 11.3. The van der Waals surface area contributed by atoms with Crippen LogP contribution < -0.4 is 4.74 Å². The van der Waals surface area contributed by atoms with Gasteiger partial charge in [0.1, 0.15) is 17.1 Å². The third-order valence-electron chi connectivity index (χ3n) is 6.33. The van der Waals surface area contributed by atoms with Crippen LogP contribution in [0.5, 0.6) is 11.5 Å². The Bertz CT molecular complexity index is 872. The van der Waals surface area contributed by atoms with Crippen LogP contribution in [-0.4, -0.2) is 25.3 Å². The Balaban J connectivity index is 2.26. The summed E-state index contributed by atoms with van der Waals surface area (Å²) in [4.78, 5) is 12.7. The van der Waals surface area contributed by atoms with Gasteiger partial charge in [-0.1, -0.05) is 89.8 Å². The van der Waals surface area contributed by atoms with Gasteiger partial charge in [-0.3, -0.25) is 0 Å². The van der Waals surface area contributed by atoms with E-state index in [1.165, 1.54) is 52.1 Å². The van der Waals surface area contributed by atoms with Gasteiger partial charge in [0.25, 0.3) is 0 Å². The second-order valence-electron chi connectivity index (χ2n) is 8.81. The van der Waals surface area contributed by atoms with Gasteiger partial charge in [-0.05, 0) is 42.5 Å². The van der Waals surface area contributed by atoms with Gasteiger partial charge in [-0.2, -0.15) is 0 Å². The van der Waals surface area contributed by atoms with Crippen LogP contribution in [0.4, 0.5) is 0 Å². The first-order valence-electron chi connectivity index (χ1n) is 12.7. The van der Waals surface area contributed by atoms with Crippen molar-refractivity contribution in [3.8, 4) is 22.6 Å². The molecule has 33 heavy (non-hydrogen) atoms.